The molecule has 2 saturated carbocycles. The van der Waals surface area contributed by atoms with Crippen LogP contribution in [0.4, 0.5) is 0 Å². The van der Waals surface area contributed by atoms with Crippen molar-refractivity contribution < 1.29 is 14.6 Å². The molecule has 1 aromatic rings. The van der Waals surface area contributed by atoms with Crippen LogP contribution in [0.1, 0.15) is 45.4 Å². The SMILES string of the molecule is C=C(/C=C1/CC[C@H](COc2cccc(OC)c2)C/C1=C/C)[C@H]1CC[C@](N)(CO)C1. The van der Waals surface area contributed by atoms with E-state index in [-0.39, 0.29) is 6.61 Å². The molecule has 0 aromatic heterocycles. The number of aliphatic hydroxyl groups excluding tert-OH is 1. The number of methoxy groups -OCH3 is 1. The van der Waals surface area contributed by atoms with Crippen molar-refractivity contribution in [3.63, 3.8) is 0 Å². The highest BCUT2D eigenvalue weighted by Crippen LogP contribution is 2.39. The van der Waals surface area contributed by atoms with Gasteiger partial charge in [0, 0.05) is 11.6 Å². The zero-order chi connectivity index (χ0) is 20.9. The van der Waals surface area contributed by atoms with E-state index in [1.54, 1.807) is 7.11 Å². The maximum Gasteiger partial charge on any atom is 0.122 e. The molecule has 3 atom stereocenters. The number of hydrogen-bond acceptors (Lipinski definition) is 4. The fraction of sp³-hybridized carbons (Fsp3) is 0.520. The van der Waals surface area contributed by atoms with Crippen LogP contribution >= 0.6 is 0 Å². The van der Waals surface area contributed by atoms with E-state index in [2.05, 4.69) is 25.7 Å². The largest absolute Gasteiger partial charge is 0.497 e. The summed E-state index contributed by atoms with van der Waals surface area (Å²) < 4.78 is 11.3. The Hall–Kier alpha value is -2.04. The first kappa shape index (κ1) is 21.7. The van der Waals surface area contributed by atoms with E-state index in [0.717, 1.165) is 55.6 Å². The molecule has 3 rings (SSSR count). The standard InChI is InChI=1S/C25H35NO3/c1-4-20-13-19(16-29-24-7-5-6-23(14-24)28-3)8-9-21(20)12-18(2)22-10-11-25(26,15-22)17-27/h4-7,12,14,19,22,27H,2,8-11,13,15-17,26H2,1,3H3/b20-4-,21-12-/t19-,22-,25+/m0/s1. The van der Waals surface area contributed by atoms with Gasteiger partial charge in [-0.05, 0) is 80.6 Å². The van der Waals surface area contributed by atoms with Crippen molar-refractivity contribution in [1.29, 1.82) is 0 Å². The van der Waals surface area contributed by atoms with Crippen molar-refractivity contribution in [2.75, 3.05) is 20.3 Å². The van der Waals surface area contributed by atoms with Gasteiger partial charge in [-0.1, -0.05) is 30.4 Å². The van der Waals surface area contributed by atoms with E-state index in [0.29, 0.717) is 18.4 Å². The molecule has 0 aliphatic heterocycles. The molecule has 1 aromatic carbocycles. The molecule has 29 heavy (non-hydrogen) atoms. The molecule has 0 bridgehead atoms. The van der Waals surface area contributed by atoms with Crippen molar-refractivity contribution in [2.24, 2.45) is 17.6 Å². The van der Waals surface area contributed by atoms with E-state index in [1.807, 2.05) is 24.3 Å². The first-order valence-corrected chi connectivity index (χ1v) is 10.7. The maximum atomic E-state index is 9.52. The number of benzene rings is 1. The van der Waals surface area contributed by atoms with Gasteiger partial charge in [-0.15, -0.1) is 0 Å². The minimum atomic E-state index is -0.426. The van der Waals surface area contributed by atoms with Gasteiger partial charge < -0.3 is 20.3 Å². The lowest BCUT2D eigenvalue weighted by atomic mass is 9.80. The first-order valence-electron chi connectivity index (χ1n) is 10.7. The van der Waals surface area contributed by atoms with E-state index in [4.69, 9.17) is 15.2 Å². The topological polar surface area (TPSA) is 64.7 Å². The summed E-state index contributed by atoms with van der Waals surface area (Å²) in [7, 11) is 1.67. The lowest BCUT2D eigenvalue weighted by Crippen LogP contribution is -2.40. The number of nitrogens with two attached hydrogens (primary N) is 1. The summed E-state index contributed by atoms with van der Waals surface area (Å²) in [5, 5.41) is 9.52. The van der Waals surface area contributed by atoms with Gasteiger partial charge in [0.2, 0.25) is 0 Å². The summed E-state index contributed by atoms with van der Waals surface area (Å²) in [6, 6.07) is 7.78. The van der Waals surface area contributed by atoms with Gasteiger partial charge >= 0.3 is 0 Å². The molecule has 0 radical (unpaired) electrons. The lowest BCUT2D eigenvalue weighted by molar-refractivity contribution is 0.197. The molecule has 4 heteroatoms. The molecular formula is C25H35NO3. The Kier molecular flexibility index (Phi) is 7.20. The van der Waals surface area contributed by atoms with Gasteiger partial charge in [-0.25, -0.2) is 0 Å². The van der Waals surface area contributed by atoms with Crippen LogP contribution in [0, 0.1) is 11.8 Å². The maximum absolute atomic E-state index is 9.52. The summed E-state index contributed by atoms with van der Waals surface area (Å²) in [5.41, 5.74) is 9.77. The molecule has 4 nitrogen and oxygen atoms in total. The molecular weight excluding hydrogens is 362 g/mol. The average Bonchev–Trinajstić information content (AvgIpc) is 3.16. The first-order chi connectivity index (χ1) is 14.0. The number of rotatable bonds is 7. The quantitative estimate of drug-likeness (QED) is 0.694. The predicted octanol–water partition coefficient (Wildman–Crippen LogP) is 4.79. The van der Waals surface area contributed by atoms with Crippen LogP contribution in [0.2, 0.25) is 0 Å². The third kappa shape index (κ3) is 5.52. The monoisotopic (exact) mass is 397 g/mol. The van der Waals surface area contributed by atoms with E-state index in [9.17, 15) is 5.11 Å². The minimum Gasteiger partial charge on any atom is -0.497 e. The Morgan fingerprint density at radius 1 is 1.31 bits per heavy atom. The summed E-state index contributed by atoms with van der Waals surface area (Å²) in [6.45, 7) is 7.22. The van der Waals surface area contributed by atoms with Crippen molar-refractivity contribution in [3.05, 3.63) is 59.7 Å². The smallest absolute Gasteiger partial charge is 0.122 e. The predicted molar refractivity (Wildman–Crippen MR) is 118 cm³/mol. The van der Waals surface area contributed by atoms with Crippen LogP contribution < -0.4 is 15.2 Å². The van der Waals surface area contributed by atoms with E-state index < -0.39 is 5.54 Å². The average molecular weight is 398 g/mol. The molecule has 0 heterocycles. The zero-order valence-corrected chi connectivity index (χ0v) is 17.8. The number of aliphatic hydroxyl groups is 1. The second kappa shape index (κ2) is 9.64. The van der Waals surface area contributed by atoms with E-state index in [1.165, 1.54) is 11.1 Å². The van der Waals surface area contributed by atoms with Gasteiger partial charge in [-0.3, -0.25) is 0 Å². The van der Waals surface area contributed by atoms with Gasteiger partial charge in [0.05, 0.1) is 20.3 Å². The Morgan fingerprint density at radius 3 is 2.79 bits per heavy atom. The van der Waals surface area contributed by atoms with Gasteiger partial charge in [0.1, 0.15) is 11.5 Å². The van der Waals surface area contributed by atoms with Gasteiger partial charge in [0.25, 0.3) is 0 Å². The zero-order valence-electron chi connectivity index (χ0n) is 17.8. The highest BCUT2D eigenvalue weighted by Gasteiger charge is 2.36. The van der Waals surface area contributed by atoms with Crippen LogP contribution in [0.5, 0.6) is 11.5 Å². The molecule has 0 amide bonds. The fourth-order valence-corrected chi connectivity index (χ4v) is 4.54. The van der Waals surface area contributed by atoms with Crippen LogP contribution in [-0.4, -0.2) is 31.0 Å². The van der Waals surface area contributed by atoms with Gasteiger partial charge in [0.15, 0.2) is 0 Å². The molecule has 2 fully saturated rings. The van der Waals surface area contributed by atoms with Crippen molar-refractivity contribution in [3.8, 4) is 11.5 Å². The third-order valence-electron chi connectivity index (χ3n) is 6.46. The fourth-order valence-electron chi connectivity index (χ4n) is 4.54. The Labute approximate surface area is 175 Å². The number of hydrogen-bond donors (Lipinski definition) is 2. The molecule has 3 N–H and O–H groups in total. The second-order valence-electron chi connectivity index (χ2n) is 8.62. The highest BCUT2D eigenvalue weighted by atomic mass is 16.5. The number of ether oxygens (including phenoxy) is 2. The number of allylic oxidation sites excluding steroid dienone is 5. The lowest BCUT2D eigenvalue weighted by Gasteiger charge is -2.27. The molecule has 0 spiro atoms. The summed E-state index contributed by atoms with van der Waals surface area (Å²) in [4.78, 5) is 0. The molecule has 0 unspecified atom stereocenters. The highest BCUT2D eigenvalue weighted by molar-refractivity contribution is 5.39. The normalized spacial score (nSPS) is 29.9. The Bertz CT molecular complexity index is 782. The summed E-state index contributed by atoms with van der Waals surface area (Å²) in [5.74, 6) is 2.57. The Balaban J connectivity index is 1.56. The van der Waals surface area contributed by atoms with Gasteiger partial charge in [-0.2, -0.15) is 0 Å². The summed E-state index contributed by atoms with van der Waals surface area (Å²) >= 11 is 0. The Morgan fingerprint density at radius 2 is 2.10 bits per heavy atom. The molecule has 0 saturated heterocycles. The van der Waals surface area contributed by atoms with Crippen molar-refractivity contribution >= 4 is 0 Å². The molecule has 158 valence electrons. The minimum absolute atomic E-state index is 0.0580. The van der Waals surface area contributed by atoms with Crippen LogP contribution in [0.15, 0.2) is 59.7 Å². The van der Waals surface area contributed by atoms with Crippen molar-refractivity contribution in [2.45, 2.75) is 51.0 Å². The van der Waals surface area contributed by atoms with Crippen LogP contribution in [-0.2, 0) is 0 Å². The molecule has 2 aliphatic rings. The van der Waals surface area contributed by atoms with Crippen LogP contribution in [0.25, 0.3) is 0 Å². The van der Waals surface area contributed by atoms with Crippen LogP contribution in [0.3, 0.4) is 0 Å². The molecule has 2 aliphatic carbocycles. The summed E-state index contributed by atoms with van der Waals surface area (Å²) in [6.07, 6.45) is 10.4. The third-order valence-corrected chi connectivity index (χ3v) is 6.46. The second-order valence-corrected chi connectivity index (χ2v) is 8.62. The van der Waals surface area contributed by atoms with E-state index >= 15 is 0 Å². The van der Waals surface area contributed by atoms with Crippen molar-refractivity contribution in [1.82, 2.24) is 0 Å².